The van der Waals surface area contributed by atoms with Crippen LogP contribution in [-0.2, 0) is 11.0 Å². The van der Waals surface area contributed by atoms with Gasteiger partial charge in [0.1, 0.15) is 0 Å². The lowest BCUT2D eigenvalue weighted by Crippen LogP contribution is -2.55. The number of carbonyl (C=O) groups is 2. The van der Waals surface area contributed by atoms with E-state index in [1.807, 2.05) is 18.5 Å². The van der Waals surface area contributed by atoms with Crippen molar-refractivity contribution in [2.75, 3.05) is 26.2 Å². The summed E-state index contributed by atoms with van der Waals surface area (Å²) in [5.41, 5.74) is 6.05. The number of amides is 2. The lowest BCUT2D eigenvalue weighted by atomic mass is 9.93. The molecule has 1 aliphatic carbocycles. The molecule has 7 nitrogen and oxygen atoms in total. The van der Waals surface area contributed by atoms with Gasteiger partial charge in [0.25, 0.3) is 5.91 Å². The molecule has 0 bridgehead atoms. The second-order valence-electron chi connectivity index (χ2n) is 11.1. The molecule has 1 saturated carbocycles. The van der Waals surface area contributed by atoms with E-state index in [9.17, 15) is 22.8 Å². The van der Waals surface area contributed by atoms with Gasteiger partial charge in [-0.25, -0.2) is 0 Å². The van der Waals surface area contributed by atoms with Crippen LogP contribution in [0.25, 0.3) is 0 Å². The highest BCUT2D eigenvalue weighted by molar-refractivity contribution is 5.95. The first-order chi connectivity index (χ1) is 17.5. The molecule has 2 N–H and O–H groups in total. The van der Waals surface area contributed by atoms with Crippen molar-refractivity contribution in [3.8, 4) is 0 Å². The van der Waals surface area contributed by atoms with Gasteiger partial charge < -0.3 is 10.6 Å². The highest BCUT2D eigenvalue weighted by atomic mass is 35.5. The van der Waals surface area contributed by atoms with Gasteiger partial charge in [-0.05, 0) is 57.6 Å². The predicted molar refractivity (Wildman–Crippen MR) is 139 cm³/mol. The van der Waals surface area contributed by atoms with Gasteiger partial charge in [-0.15, -0.1) is 12.4 Å². The summed E-state index contributed by atoms with van der Waals surface area (Å²) in [6.07, 6.45) is 1.32. The minimum absolute atomic E-state index is 0. The first-order valence-electron chi connectivity index (χ1n) is 13.1. The number of primary amides is 1. The lowest BCUT2D eigenvalue weighted by Gasteiger charge is -2.41. The van der Waals surface area contributed by atoms with E-state index >= 15 is 0 Å². The molecule has 0 spiro atoms. The highest BCUT2D eigenvalue weighted by Gasteiger charge is 2.41. The number of nitrogens with zero attached hydrogens (tertiary/aromatic N) is 4. The molecule has 2 amide bonds. The van der Waals surface area contributed by atoms with Crippen LogP contribution in [0, 0.1) is 0 Å². The smallest absolute Gasteiger partial charge is 0.368 e. The zero-order chi connectivity index (χ0) is 26.5. The Morgan fingerprint density at radius 3 is 2.24 bits per heavy atom. The Morgan fingerprint density at radius 2 is 1.63 bits per heavy atom. The van der Waals surface area contributed by atoms with Gasteiger partial charge in [0.2, 0.25) is 5.91 Å². The predicted octanol–water partition coefficient (Wildman–Crippen LogP) is 4.73. The molecule has 1 aromatic heterocycles. The zero-order valence-corrected chi connectivity index (χ0v) is 22.5. The van der Waals surface area contributed by atoms with E-state index in [1.54, 1.807) is 17.2 Å². The Kier molecular flexibility index (Phi) is 7.87. The van der Waals surface area contributed by atoms with E-state index in [2.05, 4.69) is 10.00 Å². The number of hydrogen-bond acceptors (Lipinski definition) is 4. The van der Waals surface area contributed by atoms with Gasteiger partial charge in [0, 0.05) is 38.0 Å². The summed E-state index contributed by atoms with van der Waals surface area (Å²) in [4.78, 5) is 29.3. The first-order valence-corrected chi connectivity index (χ1v) is 13.1. The Hall–Kier alpha value is -2.59. The molecule has 38 heavy (non-hydrogen) atoms. The molecule has 5 rings (SSSR count). The van der Waals surface area contributed by atoms with Crippen LogP contribution in [0.5, 0.6) is 0 Å². The fourth-order valence-corrected chi connectivity index (χ4v) is 5.90. The van der Waals surface area contributed by atoms with Crippen molar-refractivity contribution in [3.05, 3.63) is 52.8 Å². The summed E-state index contributed by atoms with van der Waals surface area (Å²) in [5.74, 6) is -0.559. The van der Waals surface area contributed by atoms with E-state index in [1.165, 1.54) is 12.1 Å². The Morgan fingerprint density at radius 1 is 0.974 bits per heavy atom. The summed E-state index contributed by atoms with van der Waals surface area (Å²) in [5, 5.41) is 4.65. The van der Waals surface area contributed by atoms with Gasteiger partial charge in [-0.1, -0.05) is 18.2 Å². The molecule has 2 aromatic rings. The average Bonchev–Trinajstić information content (AvgIpc) is 3.41. The minimum atomic E-state index is -4.42. The molecule has 11 heteroatoms. The van der Waals surface area contributed by atoms with E-state index < -0.39 is 17.3 Å². The molecule has 0 unspecified atom stereocenters. The van der Waals surface area contributed by atoms with E-state index in [4.69, 9.17) is 5.73 Å². The van der Waals surface area contributed by atoms with Crippen LogP contribution in [0.1, 0.15) is 91.0 Å². The molecular formula is C27H35ClF3N5O2. The molecule has 3 fully saturated rings. The van der Waals surface area contributed by atoms with Crippen LogP contribution in [0.2, 0.25) is 0 Å². The second-order valence-corrected chi connectivity index (χ2v) is 11.1. The Balaban J connectivity index is 0.00000336. The van der Waals surface area contributed by atoms with Crippen LogP contribution in [0.15, 0.2) is 30.5 Å². The van der Waals surface area contributed by atoms with Crippen molar-refractivity contribution in [1.29, 1.82) is 0 Å². The third-order valence-electron chi connectivity index (χ3n) is 8.41. The molecular weight excluding hydrogens is 519 g/mol. The number of rotatable bonds is 6. The monoisotopic (exact) mass is 553 g/mol. The van der Waals surface area contributed by atoms with Crippen LogP contribution in [0.4, 0.5) is 13.2 Å². The zero-order valence-electron chi connectivity index (χ0n) is 21.7. The number of carbonyl (C=O) groups excluding carboxylic acids is 2. The van der Waals surface area contributed by atoms with E-state index in [0.717, 1.165) is 37.4 Å². The van der Waals surface area contributed by atoms with Crippen molar-refractivity contribution in [2.24, 2.45) is 5.73 Å². The summed E-state index contributed by atoms with van der Waals surface area (Å²) in [7, 11) is 0. The second kappa shape index (κ2) is 10.5. The number of nitrogens with two attached hydrogens (primary N) is 1. The average molecular weight is 554 g/mol. The number of aromatic nitrogens is 2. The number of hydrogen-bond donors (Lipinski definition) is 1. The number of halogens is 4. The standard InChI is InChI=1S/C27H34F3N5O2.ClH/c1-26(2,25(31)37)34-13-10-19(11-14-34)35-23(17-7-8-17)21(15-32-35)24(36)33-12-9-18(16-33)20-5-3-4-6-22(20)27(28,29)30;/h3-6,15,17-19H,7-14,16H2,1-2H3,(H2,31,37);1H/t18-;/m1./s1. The maximum Gasteiger partial charge on any atom is 0.416 e. The highest BCUT2D eigenvalue weighted by Crippen LogP contribution is 2.44. The summed E-state index contributed by atoms with van der Waals surface area (Å²) < 4.78 is 42.7. The van der Waals surface area contributed by atoms with Crippen molar-refractivity contribution in [3.63, 3.8) is 0 Å². The van der Waals surface area contributed by atoms with E-state index in [0.29, 0.717) is 31.6 Å². The van der Waals surface area contributed by atoms with Gasteiger partial charge in [-0.3, -0.25) is 19.2 Å². The van der Waals surface area contributed by atoms with Gasteiger partial charge in [0.05, 0.1) is 34.6 Å². The SMILES string of the molecule is CC(C)(C(N)=O)N1CCC(n2ncc(C(=O)N3CC[C@@H](c4ccccc4C(F)(F)F)C3)c2C2CC2)CC1.Cl. The number of likely N-dealkylation sites (tertiary alicyclic amines) is 2. The number of piperidine rings is 1. The van der Waals surface area contributed by atoms with Crippen molar-refractivity contribution in [2.45, 2.75) is 75.5 Å². The normalized spacial score (nSPS) is 21.4. The van der Waals surface area contributed by atoms with Crippen LogP contribution in [-0.4, -0.2) is 63.1 Å². The largest absolute Gasteiger partial charge is 0.416 e. The molecule has 2 saturated heterocycles. The molecule has 1 atom stereocenters. The lowest BCUT2D eigenvalue weighted by molar-refractivity contribution is -0.138. The van der Waals surface area contributed by atoms with E-state index in [-0.39, 0.29) is 54.2 Å². The third-order valence-corrected chi connectivity index (χ3v) is 8.41. The fraction of sp³-hybridized carbons (Fsp3) is 0.593. The van der Waals surface area contributed by atoms with Crippen LogP contribution in [0.3, 0.4) is 0 Å². The molecule has 208 valence electrons. The van der Waals surface area contributed by atoms with Gasteiger partial charge >= 0.3 is 6.18 Å². The molecule has 3 heterocycles. The maximum atomic E-state index is 13.6. The van der Waals surface area contributed by atoms with Crippen LogP contribution >= 0.6 is 12.4 Å². The summed E-state index contributed by atoms with van der Waals surface area (Å²) in [6.45, 7) is 5.78. The fourth-order valence-electron chi connectivity index (χ4n) is 5.90. The van der Waals surface area contributed by atoms with Crippen molar-refractivity contribution < 1.29 is 22.8 Å². The summed E-state index contributed by atoms with van der Waals surface area (Å²) in [6, 6.07) is 5.80. The number of alkyl halides is 3. The maximum absolute atomic E-state index is 13.6. The van der Waals surface area contributed by atoms with Crippen molar-refractivity contribution >= 4 is 24.2 Å². The Bertz CT molecular complexity index is 1190. The first kappa shape index (κ1) is 28.4. The van der Waals surface area contributed by atoms with Gasteiger partial charge in [-0.2, -0.15) is 18.3 Å². The molecule has 1 aromatic carbocycles. The quantitative estimate of drug-likeness (QED) is 0.560. The van der Waals surface area contributed by atoms with Crippen LogP contribution < -0.4 is 5.73 Å². The molecule has 2 aliphatic heterocycles. The van der Waals surface area contributed by atoms with Crippen molar-refractivity contribution in [1.82, 2.24) is 19.6 Å². The van der Waals surface area contributed by atoms with Gasteiger partial charge in [0.15, 0.2) is 0 Å². The minimum Gasteiger partial charge on any atom is -0.368 e. The third kappa shape index (κ3) is 5.30. The molecule has 0 radical (unpaired) electrons. The summed E-state index contributed by atoms with van der Waals surface area (Å²) >= 11 is 0. The Labute approximate surface area is 226 Å². The number of benzene rings is 1. The molecule has 3 aliphatic rings. The topological polar surface area (TPSA) is 84.5 Å².